The number of hydrogen-bond acceptors (Lipinski definition) is 5. The Balaban J connectivity index is 2.40. The van der Waals surface area contributed by atoms with Gasteiger partial charge in [-0.3, -0.25) is 0 Å². The Morgan fingerprint density at radius 3 is 2.74 bits per heavy atom. The third-order valence-electron chi connectivity index (χ3n) is 2.54. The molecule has 2 rings (SSSR count). The molecule has 0 saturated heterocycles. The van der Waals surface area contributed by atoms with Crippen LogP contribution in [0, 0.1) is 0 Å². The van der Waals surface area contributed by atoms with Crippen molar-refractivity contribution in [1.29, 1.82) is 0 Å². The number of nitrogens with two attached hydrogens (primary N) is 2. The van der Waals surface area contributed by atoms with E-state index in [9.17, 15) is 8.42 Å². The van der Waals surface area contributed by atoms with Gasteiger partial charge in [-0.15, -0.1) is 4.40 Å². The van der Waals surface area contributed by atoms with Crippen molar-refractivity contribution in [3.8, 4) is 5.75 Å². The van der Waals surface area contributed by atoms with Crippen LogP contribution in [0.5, 0.6) is 5.75 Å². The van der Waals surface area contributed by atoms with Crippen LogP contribution in [0.25, 0.3) is 0 Å². The average Bonchev–Trinajstić information content (AvgIpc) is 2.22. The molecule has 1 aliphatic rings. The van der Waals surface area contributed by atoms with Gasteiger partial charge in [0.25, 0.3) is 10.0 Å². The predicted octanol–water partition coefficient (Wildman–Crippen LogP) is 0.351. The molecule has 0 atom stereocenters. The summed E-state index contributed by atoms with van der Waals surface area (Å²) >= 11 is 0. The summed E-state index contributed by atoms with van der Waals surface area (Å²) in [4.78, 5) is 0. The number of fused-ring (bicyclic) bond motifs is 1. The zero-order chi connectivity index (χ0) is 14.3. The van der Waals surface area contributed by atoms with Crippen molar-refractivity contribution < 1.29 is 13.2 Å². The minimum absolute atomic E-state index is 0.0355. The number of ether oxygens (including phenoxy) is 1. The topological polar surface area (TPSA) is 108 Å². The zero-order valence-corrected chi connectivity index (χ0v) is 11.7. The Kier molecular flexibility index (Phi) is 3.27. The van der Waals surface area contributed by atoms with Gasteiger partial charge in [0.05, 0.1) is 11.3 Å². The monoisotopic (exact) mass is 283 g/mol. The highest BCUT2D eigenvalue weighted by molar-refractivity contribution is 7.89. The Labute approximate surface area is 112 Å². The molecule has 7 heteroatoms. The Hall–Kier alpha value is -1.60. The van der Waals surface area contributed by atoms with Gasteiger partial charge < -0.3 is 16.2 Å². The molecule has 0 spiro atoms. The first-order valence-electron chi connectivity index (χ1n) is 5.80. The highest BCUT2D eigenvalue weighted by atomic mass is 32.2. The fraction of sp³-hybridized carbons (Fsp3) is 0.417. The van der Waals surface area contributed by atoms with Gasteiger partial charge in [0.1, 0.15) is 18.2 Å². The first-order valence-corrected chi connectivity index (χ1v) is 7.41. The molecule has 0 unspecified atom stereocenters. The van der Waals surface area contributed by atoms with Gasteiger partial charge in [0.15, 0.2) is 0 Å². The maximum atomic E-state index is 11.5. The van der Waals surface area contributed by atoms with Gasteiger partial charge >= 0.3 is 0 Å². The van der Waals surface area contributed by atoms with E-state index in [1.807, 2.05) is 13.8 Å². The molecule has 0 bridgehead atoms. The van der Waals surface area contributed by atoms with Crippen molar-refractivity contribution in [3.63, 3.8) is 0 Å². The van der Waals surface area contributed by atoms with Crippen LogP contribution in [0.3, 0.4) is 0 Å². The van der Waals surface area contributed by atoms with Crippen LogP contribution in [0.1, 0.15) is 25.0 Å². The Bertz CT molecular complexity index is 630. The van der Waals surface area contributed by atoms with Crippen LogP contribution in [-0.2, 0) is 15.8 Å². The third-order valence-corrected chi connectivity index (χ3v) is 3.69. The van der Waals surface area contributed by atoms with Gasteiger partial charge in [-0.2, -0.15) is 0 Å². The van der Waals surface area contributed by atoms with Crippen molar-refractivity contribution in [3.05, 3.63) is 29.3 Å². The minimum atomic E-state index is -3.52. The van der Waals surface area contributed by atoms with E-state index in [1.54, 1.807) is 18.2 Å². The molecular formula is C12H17N3O3S. The minimum Gasteiger partial charge on any atom is -0.491 e. The van der Waals surface area contributed by atoms with E-state index in [1.165, 1.54) is 0 Å². The molecule has 0 fully saturated rings. The second-order valence-corrected chi connectivity index (χ2v) is 6.91. The van der Waals surface area contributed by atoms with Crippen molar-refractivity contribution >= 4 is 15.9 Å². The highest BCUT2D eigenvalue weighted by Crippen LogP contribution is 2.28. The molecule has 1 aliphatic heterocycles. The van der Waals surface area contributed by atoms with Crippen LogP contribution in [0.4, 0.5) is 0 Å². The lowest BCUT2D eigenvalue weighted by molar-refractivity contribution is 0.243. The smallest absolute Gasteiger partial charge is 0.259 e. The van der Waals surface area contributed by atoms with Crippen molar-refractivity contribution in [2.45, 2.75) is 25.1 Å². The molecule has 4 N–H and O–H groups in total. The standard InChI is InChI=1S/C12H17N3O3S/c1-12(2,14)7-18-9-5-3-4-8-6-19(16,17)15-11(13)10(8)9/h3-5H,6-7,14H2,1-2H3,(H2,13,15). The number of benzene rings is 1. The molecule has 0 radical (unpaired) electrons. The van der Waals surface area contributed by atoms with E-state index in [2.05, 4.69) is 4.40 Å². The summed E-state index contributed by atoms with van der Waals surface area (Å²) in [5, 5.41) is 0. The van der Waals surface area contributed by atoms with E-state index in [0.29, 0.717) is 23.5 Å². The maximum absolute atomic E-state index is 11.5. The zero-order valence-electron chi connectivity index (χ0n) is 10.9. The molecule has 19 heavy (non-hydrogen) atoms. The number of amidine groups is 1. The first-order chi connectivity index (χ1) is 8.68. The normalized spacial score (nSPS) is 17.5. The molecule has 1 heterocycles. The highest BCUT2D eigenvalue weighted by Gasteiger charge is 2.25. The molecule has 104 valence electrons. The summed E-state index contributed by atoms with van der Waals surface area (Å²) in [6.45, 7) is 3.97. The summed E-state index contributed by atoms with van der Waals surface area (Å²) in [7, 11) is -3.52. The Morgan fingerprint density at radius 2 is 2.11 bits per heavy atom. The van der Waals surface area contributed by atoms with Gasteiger partial charge in [0.2, 0.25) is 0 Å². The summed E-state index contributed by atoms with van der Waals surface area (Å²) in [6, 6.07) is 5.16. The van der Waals surface area contributed by atoms with Crippen LogP contribution in [-0.4, -0.2) is 26.4 Å². The molecular weight excluding hydrogens is 266 g/mol. The molecule has 1 aromatic carbocycles. The fourth-order valence-electron chi connectivity index (χ4n) is 1.80. The lowest BCUT2D eigenvalue weighted by atomic mass is 10.1. The third kappa shape index (κ3) is 3.24. The van der Waals surface area contributed by atoms with Crippen molar-refractivity contribution in [1.82, 2.24) is 0 Å². The first kappa shape index (κ1) is 13.8. The van der Waals surface area contributed by atoms with Crippen LogP contribution < -0.4 is 16.2 Å². The number of sulfonamides is 1. The van der Waals surface area contributed by atoms with Gasteiger partial charge in [-0.05, 0) is 25.5 Å². The van der Waals surface area contributed by atoms with E-state index in [-0.39, 0.29) is 11.6 Å². The lowest BCUT2D eigenvalue weighted by Gasteiger charge is -2.22. The average molecular weight is 283 g/mol. The van der Waals surface area contributed by atoms with E-state index in [4.69, 9.17) is 16.2 Å². The van der Waals surface area contributed by atoms with Gasteiger partial charge in [-0.1, -0.05) is 12.1 Å². The van der Waals surface area contributed by atoms with Crippen LogP contribution in [0.15, 0.2) is 22.6 Å². The van der Waals surface area contributed by atoms with Crippen LogP contribution >= 0.6 is 0 Å². The molecule has 0 amide bonds. The largest absolute Gasteiger partial charge is 0.491 e. The predicted molar refractivity (Wildman–Crippen MR) is 73.6 cm³/mol. The SMILES string of the molecule is CC(C)(N)COc1cccc2c1C(N)=NS(=O)(=O)C2. The summed E-state index contributed by atoms with van der Waals surface area (Å²) < 4.78 is 32.2. The quantitative estimate of drug-likeness (QED) is 0.832. The van der Waals surface area contributed by atoms with Gasteiger partial charge in [0, 0.05) is 5.54 Å². The second-order valence-electron chi connectivity index (χ2n) is 5.27. The molecule has 0 saturated carbocycles. The maximum Gasteiger partial charge on any atom is 0.259 e. The van der Waals surface area contributed by atoms with E-state index in [0.717, 1.165) is 0 Å². The Morgan fingerprint density at radius 1 is 1.42 bits per heavy atom. The van der Waals surface area contributed by atoms with Gasteiger partial charge in [-0.25, -0.2) is 8.42 Å². The number of hydrogen-bond donors (Lipinski definition) is 2. The molecule has 0 aromatic heterocycles. The van der Waals surface area contributed by atoms with Crippen molar-refractivity contribution in [2.24, 2.45) is 15.9 Å². The van der Waals surface area contributed by atoms with Crippen LogP contribution in [0.2, 0.25) is 0 Å². The molecule has 6 nitrogen and oxygen atoms in total. The van der Waals surface area contributed by atoms with E-state index < -0.39 is 15.6 Å². The van der Waals surface area contributed by atoms with Crippen molar-refractivity contribution in [2.75, 3.05) is 6.61 Å². The summed E-state index contributed by atoms with van der Waals surface area (Å²) in [5.41, 5.74) is 12.2. The fourth-order valence-corrected chi connectivity index (χ4v) is 2.88. The summed E-state index contributed by atoms with van der Waals surface area (Å²) in [5.74, 6) is 0.311. The second kappa shape index (κ2) is 4.50. The molecule has 1 aromatic rings. The molecule has 0 aliphatic carbocycles. The lowest BCUT2D eigenvalue weighted by Crippen LogP contribution is -2.39. The van der Waals surface area contributed by atoms with E-state index >= 15 is 0 Å². The summed E-state index contributed by atoms with van der Waals surface area (Å²) in [6.07, 6.45) is 0. The number of rotatable bonds is 3. The number of nitrogens with zero attached hydrogens (tertiary/aromatic N) is 1.